The standard InChI is InChI=1S/C25H27ClO6/c1-5-31-24(25(27)28)15-19-8-9-23(22(26)14-19)32-11-10-17(2)6-7-18-12-20(29-3)16-21(13-18)30-4/h8-10,12-14,16,24H,5,11,15H2,1-4H3,(H,27,28)/t24-/m0/s1. The maximum absolute atomic E-state index is 11.2. The Bertz CT molecular complexity index is 997. The van der Waals surface area contributed by atoms with Gasteiger partial charge in [-0.2, -0.15) is 0 Å². The van der Waals surface area contributed by atoms with Crippen LogP contribution in [0, 0.1) is 11.8 Å². The summed E-state index contributed by atoms with van der Waals surface area (Å²) in [5.74, 6) is 7.01. The maximum atomic E-state index is 11.2. The lowest BCUT2D eigenvalue weighted by molar-refractivity contribution is -0.149. The molecule has 0 aliphatic rings. The third-order valence-electron chi connectivity index (χ3n) is 4.44. The van der Waals surface area contributed by atoms with Crippen LogP contribution < -0.4 is 14.2 Å². The number of halogens is 1. The highest BCUT2D eigenvalue weighted by Crippen LogP contribution is 2.26. The van der Waals surface area contributed by atoms with Crippen LogP contribution in [0.1, 0.15) is 25.0 Å². The van der Waals surface area contributed by atoms with E-state index >= 15 is 0 Å². The second-order valence-electron chi connectivity index (χ2n) is 6.80. The van der Waals surface area contributed by atoms with Gasteiger partial charge in [-0.25, -0.2) is 4.79 Å². The van der Waals surface area contributed by atoms with Crippen molar-refractivity contribution in [3.8, 4) is 29.1 Å². The van der Waals surface area contributed by atoms with E-state index in [0.29, 0.717) is 28.9 Å². The molecule has 0 heterocycles. The molecular formula is C25H27ClO6. The molecule has 2 aromatic rings. The highest BCUT2D eigenvalue weighted by molar-refractivity contribution is 6.32. The van der Waals surface area contributed by atoms with Crippen LogP contribution in [0.15, 0.2) is 48.0 Å². The molecule has 32 heavy (non-hydrogen) atoms. The molecule has 1 N–H and O–H groups in total. The van der Waals surface area contributed by atoms with E-state index in [0.717, 1.165) is 16.7 Å². The Morgan fingerprint density at radius 3 is 2.41 bits per heavy atom. The van der Waals surface area contributed by atoms with Gasteiger partial charge in [-0.1, -0.05) is 29.5 Å². The number of ether oxygens (including phenoxy) is 4. The number of rotatable bonds is 10. The summed E-state index contributed by atoms with van der Waals surface area (Å²) in [7, 11) is 3.19. The largest absolute Gasteiger partial charge is 0.497 e. The lowest BCUT2D eigenvalue weighted by Gasteiger charge is -2.13. The van der Waals surface area contributed by atoms with Gasteiger partial charge in [-0.3, -0.25) is 0 Å². The zero-order valence-corrected chi connectivity index (χ0v) is 19.4. The summed E-state index contributed by atoms with van der Waals surface area (Å²) in [6, 6.07) is 10.7. The van der Waals surface area contributed by atoms with Gasteiger partial charge >= 0.3 is 5.97 Å². The third-order valence-corrected chi connectivity index (χ3v) is 4.74. The minimum atomic E-state index is -1.00. The van der Waals surface area contributed by atoms with Crippen molar-refractivity contribution in [2.75, 3.05) is 27.4 Å². The van der Waals surface area contributed by atoms with Gasteiger partial charge in [0, 0.05) is 24.7 Å². The van der Waals surface area contributed by atoms with Crippen LogP contribution in [0.5, 0.6) is 17.2 Å². The fourth-order valence-corrected chi connectivity index (χ4v) is 3.04. The number of allylic oxidation sites excluding steroid dienone is 1. The molecule has 0 radical (unpaired) electrons. The van der Waals surface area contributed by atoms with Gasteiger partial charge in [-0.15, -0.1) is 0 Å². The summed E-state index contributed by atoms with van der Waals surface area (Å²) >= 11 is 6.30. The molecule has 1 atom stereocenters. The fraction of sp³-hybridized carbons (Fsp3) is 0.320. The van der Waals surface area contributed by atoms with Crippen molar-refractivity contribution in [1.82, 2.24) is 0 Å². The predicted octanol–water partition coefficient (Wildman–Crippen LogP) is 4.77. The highest BCUT2D eigenvalue weighted by atomic mass is 35.5. The molecule has 0 spiro atoms. The van der Waals surface area contributed by atoms with Crippen molar-refractivity contribution in [3.05, 3.63) is 64.2 Å². The van der Waals surface area contributed by atoms with Crippen LogP contribution in [0.25, 0.3) is 0 Å². The van der Waals surface area contributed by atoms with Crippen molar-refractivity contribution in [1.29, 1.82) is 0 Å². The molecule has 2 aromatic carbocycles. The molecule has 170 valence electrons. The number of methoxy groups -OCH3 is 2. The lowest BCUT2D eigenvalue weighted by Crippen LogP contribution is -2.26. The molecule has 0 aliphatic carbocycles. The van der Waals surface area contributed by atoms with E-state index < -0.39 is 12.1 Å². The van der Waals surface area contributed by atoms with Crippen LogP contribution in [-0.4, -0.2) is 44.6 Å². The van der Waals surface area contributed by atoms with Crippen LogP contribution in [0.4, 0.5) is 0 Å². The summed E-state index contributed by atoms with van der Waals surface area (Å²) in [5, 5.41) is 9.62. The van der Waals surface area contributed by atoms with Gasteiger partial charge in [0.05, 0.1) is 19.2 Å². The van der Waals surface area contributed by atoms with E-state index in [2.05, 4.69) is 11.8 Å². The molecule has 0 unspecified atom stereocenters. The molecular weight excluding hydrogens is 432 g/mol. The quantitative estimate of drug-likeness (QED) is 0.517. The molecule has 0 fully saturated rings. The van der Waals surface area contributed by atoms with Gasteiger partial charge in [0.25, 0.3) is 0 Å². The van der Waals surface area contributed by atoms with E-state index in [1.54, 1.807) is 45.4 Å². The minimum Gasteiger partial charge on any atom is -0.497 e. The molecule has 6 nitrogen and oxygen atoms in total. The smallest absolute Gasteiger partial charge is 0.333 e. The molecule has 0 saturated carbocycles. The summed E-state index contributed by atoms with van der Waals surface area (Å²) in [6.45, 7) is 4.26. The first-order valence-corrected chi connectivity index (χ1v) is 10.4. The van der Waals surface area contributed by atoms with Gasteiger partial charge in [0.1, 0.15) is 23.9 Å². The monoisotopic (exact) mass is 458 g/mol. The van der Waals surface area contributed by atoms with Gasteiger partial charge in [0.2, 0.25) is 0 Å². The molecule has 0 saturated heterocycles. The van der Waals surface area contributed by atoms with Crippen LogP contribution in [0.2, 0.25) is 5.02 Å². The Morgan fingerprint density at radius 1 is 1.16 bits per heavy atom. The van der Waals surface area contributed by atoms with E-state index in [4.69, 9.17) is 30.5 Å². The Morgan fingerprint density at radius 2 is 1.84 bits per heavy atom. The summed E-state index contributed by atoms with van der Waals surface area (Å²) in [4.78, 5) is 11.2. The van der Waals surface area contributed by atoms with Crippen molar-refractivity contribution in [2.24, 2.45) is 0 Å². The van der Waals surface area contributed by atoms with Gasteiger partial charge < -0.3 is 24.1 Å². The SMILES string of the molecule is CCO[C@@H](Cc1ccc(OCC=C(C)C#Cc2cc(OC)cc(OC)c2)c(Cl)c1)C(=O)O. The number of hydrogen-bond donors (Lipinski definition) is 1. The lowest BCUT2D eigenvalue weighted by atomic mass is 10.1. The number of aliphatic carboxylic acids is 1. The Kier molecular flexibility index (Phi) is 9.93. The van der Waals surface area contributed by atoms with E-state index in [-0.39, 0.29) is 13.0 Å². The number of carbonyl (C=O) groups is 1. The minimum absolute atomic E-state index is 0.229. The van der Waals surface area contributed by atoms with E-state index in [1.807, 2.05) is 25.1 Å². The summed E-state index contributed by atoms with van der Waals surface area (Å²) in [6.07, 6.45) is 1.17. The van der Waals surface area contributed by atoms with E-state index in [9.17, 15) is 9.90 Å². The van der Waals surface area contributed by atoms with Crippen LogP contribution in [-0.2, 0) is 16.0 Å². The van der Waals surface area contributed by atoms with Crippen molar-refractivity contribution < 1.29 is 28.8 Å². The molecule has 0 aliphatic heterocycles. The van der Waals surface area contributed by atoms with Gasteiger partial charge in [0.15, 0.2) is 6.10 Å². The molecule has 0 amide bonds. The molecule has 7 heteroatoms. The van der Waals surface area contributed by atoms with Crippen LogP contribution >= 0.6 is 11.6 Å². The fourth-order valence-electron chi connectivity index (χ4n) is 2.78. The number of carboxylic acid groups (broad SMARTS) is 1. The predicted molar refractivity (Wildman–Crippen MR) is 124 cm³/mol. The summed E-state index contributed by atoms with van der Waals surface area (Å²) < 4.78 is 21.5. The number of hydrogen-bond acceptors (Lipinski definition) is 5. The normalized spacial score (nSPS) is 11.8. The zero-order valence-electron chi connectivity index (χ0n) is 18.6. The van der Waals surface area contributed by atoms with E-state index in [1.165, 1.54) is 0 Å². The summed E-state index contributed by atoms with van der Waals surface area (Å²) in [5.41, 5.74) is 2.37. The average Bonchev–Trinajstić information content (AvgIpc) is 2.78. The number of benzene rings is 2. The zero-order chi connectivity index (χ0) is 23.5. The van der Waals surface area contributed by atoms with Crippen molar-refractivity contribution in [2.45, 2.75) is 26.4 Å². The average molecular weight is 459 g/mol. The first kappa shape index (κ1) is 25.1. The van der Waals surface area contributed by atoms with Gasteiger partial charge in [-0.05, 0) is 55.3 Å². The molecule has 0 bridgehead atoms. The number of carboxylic acids is 1. The van der Waals surface area contributed by atoms with Crippen LogP contribution in [0.3, 0.4) is 0 Å². The van der Waals surface area contributed by atoms with Crippen molar-refractivity contribution in [3.63, 3.8) is 0 Å². The Balaban J connectivity index is 1.99. The second kappa shape index (κ2) is 12.7. The first-order valence-electron chi connectivity index (χ1n) is 10.0. The third kappa shape index (κ3) is 7.84. The second-order valence-corrected chi connectivity index (χ2v) is 7.21. The maximum Gasteiger partial charge on any atom is 0.333 e. The first-order chi connectivity index (χ1) is 15.4. The topological polar surface area (TPSA) is 74.2 Å². The molecule has 2 rings (SSSR count). The molecule has 0 aromatic heterocycles. The Hall–Kier alpha value is -3.14. The highest BCUT2D eigenvalue weighted by Gasteiger charge is 2.18. The Labute approximate surface area is 193 Å². The van der Waals surface area contributed by atoms with Crippen molar-refractivity contribution >= 4 is 17.6 Å².